The van der Waals surface area contributed by atoms with Gasteiger partial charge in [0.1, 0.15) is 5.75 Å². The quantitative estimate of drug-likeness (QED) is 0.735. The van der Waals surface area contributed by atoms with E-state index in [4.69, 9.17) is 16.3 Å². The van der Waals surface area contributed by atoms with Gasteiger partial charge in [0.05, 0.1) is 19.3 Å². The van der Waals surface area contributed by atoms with Crippen LogP contribution in [0.1, 0.15) is 5.56 Å². The highest BCUT2D eigenvalue weighted by Gasteiger charge is 2.07. The molecule has 0 spiro atoms. The SMILES string of the molecule is COc1cccc(-c2ccc(=O)n(Cc3ccccc3Cl)n2)c1. The summed E-state index contributed by atoms with van der Waals surface area (Å²) in [6.07, 6.45) is 0. The van der Waals surface area contributed by atoms with Crippen LogP contribution in [0, 0.1) is 0 Å². The van der Waals surface area contributed by atoms with Crippen molar-refractivity contribution in [3.05, 3.63) is 81.6 Å². The average molecular weight is 327 g/mol. The van der Waals surface area contributed by atoms with Crippen molar-refractivity contribution in [3.8, 4) is 17.0 Å². The fourth-order valence-corrected chi connectivity index (χ4v) is 2.48. The normalized spacial score (nSPS) is 10.5. The van der Waals surface area contributed by atoms with Gasteiger partial charge in [-0.3, -0.25) is 4.79 Å². The van der Waals surface area contributed by atoms with Crippen molar-refractivity contribution in [1.29, 1.82) is 0 Å². The Bertz CT molecular complexity index is 890. The summed E-state index contributed by atoms with van der Waals surface area (Å²) < 4.78 is 6.64. The average Bonchev–Trinajstić information content (AvgIpc) is 2.59. The second-order valence-corrected chi connectivity index (χ2v) is 5.45. The topological polar surface area (TPSA) is 44.1 Å². The zero-order valence-electron chi connectivity index (χ0n) is 12.6. The maximum absolute atomic E-state index is 12.1. The molecular weight excluding hydrogens is 312 g/mol. The van der Waals surface area contributed by atoms with Gasteiger partial charge >= 0.3 is 0 Å². The van der Waals surface area contributed by atoms with Crippen LogP contribution in [-0.2, 0) is 6.54 Å². The Labute approximate surface area is 138 Å². The molecule has 3 rings (SSSR count). The summed E-state index contributed by atoms with van der Waals surface area (Å²) in [4.78, 5) is 12.1. The van der Waals surface area contributed by atoms with Gasteiger partial charge in [0.2, 0.25) is 0 Å². The number of rotatable bonds is 4. The van der Waals surface area contributed by atoms with Gasteiger partial charge in [-0.05, 0) is 29.8 Å². The summed E-state index contributed by atoms with van der Waals surface area (Å²) in [5.74, 6) is 0.744. The highest BCUT2D eigenvalue weighted by molar-refractivity contribution is 6.31. The molecule has 2 aromatic carbocycles. The molecule has 0 radical (unpaired) electrons. The minimum atomic E-state index is -0.170. The van der Waals surface area contributed by atoms with Crippen LogP contribution in [0.15, 0.2) is 65.5 Å². The third kappa shape index (κ3) is 3.43. The van der Waals surface area contributed by atoms with Crippen molar-refractivity contribution in [2.75, 3.05) is 7.11 Å². The molecule has 0 saturated carbocycles. The van der Waals surface area contributed by atoms with Gasteiger partial charge in [-0.15, -0.1) is 0 Å². The predicted octanol–water partition coefficient (Wildman–Crippen LogP) is 3.62. The molecule has 0 N–H and O–H groups in total. The van der Waals surface area contributed by atoms with Crippen LogP contribution in [0.3, 0.4) is 0 Å². The van der Waals surface area contributed by atoms with E-state index >= 15 is 0 Å². The number of methoxy groups -OCH3 is 1. The van der Waals surface area contributed by atoms with Crippen molar-refractivity contribution in [1.82, 2.24) is 9.78 Å². The summed E-state index contributed by atoms with van der Waals surface area (Å²) in [5.41, 5.74) is 2.27. The first kappa shape index (κ1) is 15.3. The van der Waals surface area contributed by atoms with Gasteiger partial charge in [-0.2, -0.15) is 5.10 Å². The number of halogens is 1. The molecule has 23 heavy (non-hydrogen) atoms. The Balaban J connectivity index is 1.99. The molecule has 0 aliphatic rings. The number of aromatic nitrogens is 2. The standard InChI is InChI=1S/C18H15ClN2O2/c1-23-15-7-4-6-13(11-15)17-9-10-18(22)21(20-17)12-14-5-2-3-8-16(14)19/h2-11H,12H2,1H3. The molecule has 0 unspecified atom stereocenters. The summed E-state index contributed by atoms with van der Waals surface area (Å²) in [5, 5.41) is 5.06. The Morgan fingerprint density at radius 2 is 1.91 bits per heavy atom. The monoisotopic (exact) mass is 326 g/mol. The Kier molecular flexibility index (Phi) is 4.44. The molecule has 1 aromatic heterocycles. The van der Waals surface area contributed by atoms with E-state index in [0.29, 0.717) is 17.3 Å². The van der Waals surface area contributed by atoms with Crippen LogP contribution >= 0.6 is 11.6 Å². The molecule has 0 aliphatic heterocycles. The molecule has 0 bridgehead atoms. The second-order valence-electron chi connectivity index (χ2n) is 5.04. The van der Waals surface area contributed by atoms with Crippen LogP contribution in [0.2, 0.25) is 5.02 Å². The maximum Gasteiger partial charge on any atom is 0.267 e. The van der Waals surface area contributed by atoms with E-state index in [2.05, 4.69) is 5.10 Å². The number of benzene rings is 2. The maximum atomic E-state index is 12.1. The van der Waals surface area contributed by atoms with E-state index in [1.54, 1.807) is 19.2 Å². The summed E-state index contributed by atoms with van der Waals surface area (Å²) in [6.45, 7) is 0.330. The van der Waals surface area contributed by atoms with E-state index in [0.717, 1.165) is 16.9 Å². The van der Waals surface area contributed by atoms with Crippen molar-refractivity contribution >= 4 is 11.6 Å². The molecule has 0 aliphatic carbocycles. The van der Waals surface area contributed by atoms with E-state index in [1.807, 2.05) is 42.5 Å². The van der Waals surface area contributed by atoms with Gasteiger partial charge in [0.25, 0.3) is 5.56 Å². The number of ether oxygens (including phenoxy) is 1. The van der Waals surface area contributed by atoms with Gasteiger partial charge in [0.15, 0.2) is 0 Å². The highest BCUT2D eigenvalue weighted by Crippen LogP contribution is 2.21. The molecule has 5 heteroatoms. The fourth-order valence-electron chi connectivity index (χ4n) is 2.29. The van der Waals surface area contributed by atoms with Crippen molar-refractivity contribution < 1.29 is 4.74 Å². The fraction of sp³-hybridized carbons (Fsp3) is 0.111. The van der Waals surface area contributed by atoms with E-state index in [9.17, 15) is 4.79 Å². The van der Waals surface area contributed by atoms with Gasteiger partial charge in [0, 0.05) is 16.7 Å². The van der Waals surface area contributed by atoms with Gasteiger partial charge < -0.3 is 4.74 Å². The number of hydrogen-bond donors (Lipinski definition) is 0. The van der Waals surface area contributed by atoms with E-state index in [1.165, 1.54) is 10.7 Å². The molecule has 3 aromatic rings. The first-order valence-corrected chi connectivity index (χ1v) is 7.51. The van der Waals surface area contributed by atoms with E-state index < -0.39 is 0 Å². The minimum Gasteiger partial charge on any atom is -0.497 e. The minimum absolute atomic E-state index is 0.170. The lowest BCUT2D eigenvalue weighted by atomic mass is 10.1. The van der Waals surface area contributed by atoms with Gasteiger partial charge in [-0.25, -0.2) is 4.68 Å². The van der Waals surface area contributed by atoms with E-state index in [-0.39, 0.29) is 5.56 Å². The lowest BCUT2D eigenvalue weighted by molar-refractivity contribution is 0.415. The Hall–Kier alpha value is -2.59. The summed E-state index contributed by atoms with van der Waals surface area (Å²) >= 11 is 6.16. The number of hydrogen-bond acceptors (Lipinski definition) is 3. The van der Waals surface area contributed by atoms with Crippen LogP contribution < -0.4 is 10.3 Å². The van der Waals surface area contributed by atoms with Crippen LogP contribution in [0.25, 0.3) is 11.3 Å². The molecule has 0 amide bonds. The molecule has 0 fully saturated rings. The van der Waals surface area contributed by atoms with Crippen LogP contribution in [-0.4, -0.2) is 16.9 Å². The molecule has 4 nitrogen and oxygen atoms in total. The lowest BCUT2D eigenvalue weighted by Gasteiger charge is -2.09. The van der Waals surface area contributed by atoms with Gasteiger partial charge in [-0.1, -0.05) is 41.9 Å². The second kappa shape index (κ2) is 6.67. The zero-order chi connectivity index (χ0) is 16.2. The smallest absolute Gasteiger partial charge is 0.267 e. The first-order valence-electron chi connectivity index (χ1n) is 7.13. The summed E-state index contributed by atoms with van der Waals surface area (Å²) in [7, 11) is 1.62. The number of nitrogens with zero attached hydrogens (tertiary/aromatic N) is 2. The zero-order valence-corrected chi connectivity index (χ0v) is 13.3. The van der Waals surface area contributed by atoms with Crippen LogP contribution in [0.4, 0.5) is 0 Å². The molecule has 0 atom stereocenters. The van der Waals surface area contributed by atoms with Crippen molar-refractivity contribution in [2.24, 2.45) is 0 Å². The third-order valence-corrected chi connectivity index (χ3v) is 3.88. The largest absolute Gasteiger partial charge is 0.497 e. The Morgan fingerprint density at radius 1 is 1.09 bits per heavy atom. The highest BCUT2D eigenvalue weighted by atomic mass is 35.5. The first-order chi connectivity index (χ1) is 11.2. The summed E-state index contributed by atoms with van der Waals surface area (Å²) in [6, 6.07) is 18.2. The Morgan fingerprint density at radius 3 is 2.70 bits per heavy atom. The lowest BCUT2D eigenvalue weighted by Crippen LogP contribution is -2.23. The van der Waals surface area contributed by atoms with Crippen molar-refractivity contribution in [3.63, 3.8) is 0 Å². The molecule has 116 valence electrons. The molecule has 1 heterocycles. The molecule has 0 saturated heterocycles. The predicted molar refractivity (Wildman–Crippen MR) is 91.0 cm³/mol. The molecular formula is C18H15ClN2O2. The van der Waals surface area contributed by atoms with Crippen molar-refractivity contribution in [2.45, 2.75) is 6.54 Å². The van der Waals surface area contributed by atoms with Crippen LogP contribution in [0.5, 0.6) is 5.75 Å². The third-order valence-electron chi connectivity index (χ3n) is 3.51.